The van der Waals surface area contributed by atoms with Crippen LogP contribution in [-0.4, -0.2) is 42.4 Å². The van der Waals surface area contributed by atoms with E-state index in [4.69, 9.17) is 5.11 Å². The summed E-state index contributed by atoms with van der Waals surface area (Å²) in [6, 6.07) is 0. The Labute approximate surface area is 70.0 Å². The molecule has 2 nitrogen and oxygen atoms in total. The van der Waals surface area contributed by atoms with Crippen LogP contribution in [0.1, 0.15) is 13.3 Å². The molecule has 0 radical (unpaired) electrons. The average molecular weight is 185 g/mol. The molecule has 0 unspecified atom stereocenters. The van der Waals surface area contributed by atoms with Crippen LogP contribution in [0.2, 0.25) is 0 Å². The lowest BCUT2D eigenvalue weighted by molar-refractivity contribution is -0.146. The molecule has 12 heavy (non-hydrogen) atoms. The first kappa shape index (κ1) is 11.7. The van der Waals surface area contributed by atoms with Crippen molar-refractivity contribution in [2.45, 2.75) is 19.5 Å². The minimum Gasteiger partial charge on any atom is -0.395 e. The maximum atomic E-state index is 11.8. The zero-order valence-electron chi connectivity index (χ0n) is 7.06. The minimum atomic E-state index is -4.16. The molecule has 0 aliphatic rings. The van der Waals surface area contributed by atoms with E-state index in [0.717, 1.165) is 0 Å². The molecule has 5 heteroatoms. The van der Waals surface area contributed by atoms with Crippen molar-refractivity contribution in [2.75, 3.05) is 26.2 Å². The van der Waals surface area contributed by atoms with Gasteiger partial charge in [-0.2, -0.15) is 13.2 Å². The molecule has 74 valence electrons. The Bertz CT molecular complexity index is 110. The summed E-state index contributed by atoms with van der Waals surface area (Å²) in [4.78, 5) is 1.19. The molecule has 0 aromatic rings. The fraction of sp³-hybridized carbons (Fsp3) is 1.00. The molecule has 0 heterocycles. The first-order chi connectivity index (χ1) is 5.49. The molecule has 0 saturated heterocycles. The summed E-state index contributed by atoms with van der Waals surface area (Å²) in [5.74, 6) is 0. The van der Waals surface area contributed by atoms with E-state index in [1.165, 1.54) is 4.90 Å². The first-order valence-corrected chi connectivity index (χ1v) is 3.89. The minimum absolute atomic E-state index is 0.0906. The van der Waals surface area contributed by atoms with Gasteiger partial charge in [-0.3, -0.25) is 4.90 Å². The Morgan fingerprint density at radius 2 is 1.83 bits per heavy atom. The zero-order chi connectivity index (χ0) is 9.61. The standard InChI is InChI=1S/C7H14F3NO/c1-2-3-11(4-5-12)6-7(8,9)10/h12H,2-6H2,1H3. The Kier molecular flexibility index (Phi) is 5.24. The van der Waals surface area contributed by atoms with E-state index in [-0.39, 0.29) is 13.2 Å². The van der Waals surface area contributed by atoms with Gasteiger partial charge in [0.25, 0.3) is 0 Å². The largest absolute Gasteiger partial charge is 0.401 e. The number of aliphatic hydroxyl groups excluding tert-OH is 1. The molecule has 0 aromatic heterocycles. The van der Waals surface area contributed by atoms with E-state index in [1.807, 2.05) is 0 Å². The lowest BCUT2D eigenvalue weighted by atomic mass is 10.4. The molecule has 0 amide bonds. The van der Waals surface area contributed by atoms with E-state index < -0.39 is 12.7 Å². The van der Waals surface area contributed by atoms with Crippen molar-refractivity contribution in [2.24, 2.45) is 0 Å². The molecular weight excluding hydrogens is 171 g/mol. The Balaban J connectivity index is 3.77. The predicted octanol–water partition coefficient (Wildman–Crippen LogP) is 1.25. The molecule has 0 aliphatic heterocycles. The van der Waals surface area contributed by atoms with Crippen LogP contribution < -0.4 is 0 Å². The predicted molar refractivity (Wildman–Crippen MR) is 39.9 cm³/mol. The van der Waals surface area contributed by atoms with E-state index >= 15 is 0 Å². The topological polar surface area (TPSA) is 23.5 Å². The second-order valence-corrected chi connectivity index (χ2v) is 2.61. The van der Waals surface area contributed by atoms with Crippen LogP contribution in [0.3, 0.4) is 0 Å². The van der Waals surface area contributed by atoms with Gasteiger partial charge in [0.1, 0.15) is 0 Å². The van der Waals surface area contributed by atoms with Crippen LogP contribution in [0.15, 0.2) is 0 Å². The lowest BCUT2D eigenvalue weighted by Crippen LogP contribution is -2.36. The molecule has 0 rings (SSSR count). The van der Waals surface area contributed by atoms with E-state index in [1.54, 1.807) is 6.92 Å². The molecule has 0 spiro atoms. The van der Waals surface area contributed by atoms with Crippen LogP contribution in [0, 0.1) is 0 Å². The molecular formula is C7H14F3NO. The summed E-state index contributed by atoms with van der Waals surface area (Å²) in [6.07, 6.45) is -3.50. The third-order valence-electron chi connectivity index (χ3n) is 1.36. The van der Waals surface area contributed by atoms with Crippen LogP contribution in [0.4, 0.5) is 13.2 Å². The number of nitrogens with zero attached hydrogens (tertiary/aromatic N) is 1. The molecule has 0 saturated carbocycles. The number of halogens is 3. The number of alkyl halides is 3. The van der Waals surface area contributed by atoms with Gasteiger partial charge in [0.15, 0.2) is 0 Å². The number of rotatable bonds is 5. The molecule has 0 atom stereocenters. The summed E-state index contributed by atoms with van der Waals surface area (Å²) in [7, 11) is 0. The van der Waals surface area contributed by atoms with Gasteiger partial charge in [-0.05, 0) is 13.0 Å². The number of hydrogen-bond acceptors (Lipinski definition) is 2. The van der Waals surface area contributed by atoms with Crippen molar-refractivity contribution in [1.82, 2.24) is 4.90 Å². The zero-order valence-corrected chi connectivity index (χ0v) is 7.06. The van der Waals surface area contributed by atoms with E-state index in [9.17, 15) is 13.2 Å². The SMILES string of the molecule is CCCN(CCO)CC(F)(F)F. The van der Waals surface area contributed by atoms with Crippen molar-refractivity contribution in [3.8, 4) is 0 Å². The maximum Gasteiger partial charge on any atom is 0.401 e. The van der Waals surface area contributed by atoms with Gasteiger partial charge in [-0.1, -0.05) is 6.92 Å². The lowest BCUT2D eigenvalue weighted by Gasteiger charge is -2.21. The van der Waals surface area contributed by atoms with Crippen LogP contribution in [0.5, 0.6) is 0 Å². The quantitative estimate of drug-likeness (QED) is 0.696. The van der Waals surface area contributed by atoms with Crippen molar-refractivity contribution >= 4 is 0 Å². The van der Waals surface area contributed by atoms with Gasteiger partial charge in [-0.15, -0.1) is 0 Å². The summed E-state index contributed by atoms with van der Waals surface area (Å²) in [6.45, 7) is 1.12. The number of aliphatic hydroxyl groups is 1. The summed E-state index contributed by atoms with van der Waals surface area (Å²) >= 11 is 0. The highest BCUT2D eigenvalue weighted by Gasteiger charge is 2.29. The molecule has 0 fully saturated rings. The highest BCUT2D eigenvalue weighted by molar-refractivity contribution is 4.61. The van der Waals surface area contributed by atoms with Gasteiger partial charge in [0, 0.05) is 6.54 Å². The smallest absolute Gasteiger partial charge is 0.395 e. The Hall–Kier alpha value is -0.290. The van der Waals surface area contributed by atoms with Crippen LogP contribution in [-0.2, 0) is 0 Å². The molecule has 0 aliphatic carbocycles. The third kappa shape index (κ3) is 6.42. The maximum absolute atomic E-state index is 11.8. The second kappa shape index (κ2) is 5.37. The van der Waals surface area contributed by atoms with Gasteiger partial charge in [-0.25, -0.2) is 0 Å². The Morgan fingerprint density at radius 3 is 2.17 bits per heavy atom. The summed E-state index contributed by atoms with van der Waals surface area (Å²) in [5.41, 5.74) is 0. The fourth-order valence-corrected chi connectivity index (χ4v) is 0.981. The summed E-state index contributed by atoms with van der Waals surface area (Å²) < 4.78 is 35.5. The van der Waals surface area contributed by atoms with Gasteiger partial charge in [0.05, 0.1) is 13.2 Å². The second-order valence-electron chi connectivity index (χ2n) is 2.61. The van der Waals surface area contributed by atoms with Gasteiger partial charge in [0.2, 0.25) is 0 Å². The third-order valence-corrected chi connectivity index (χ3v) is 1.36. The summed E-state index contributed by atoms with van der Waals surface area (Å²) in [5, 5.41) is 8.45. The van der Waals surface area contributed by atoms with E-state index in [2.05, 4.69) is 0 Å². The van der Waals surface area contributed by atoms with Gasteiger partial charge < -0.3 is 5.11 Å². The van der Waals surface area contributed by atoms with Crippen molar-refractivity contribution in [3.63, 3.8) is 0 Å². The highest BCUT2D eigenvalue weighted by atomic mass is 19.4. The average Bonchev–Trinajstić information content (AvgIpc) is 1.84. The monoisotopic (exact) mass is 185 g/mol. The van der Waals surface area contributed by atoms with Crippen molar-refractivity contribution in [3.05, 3.63) is 0 Å². The molecule has 0 aromatic carbocycles. The van der Waals surface area contributed by atoms with Gasteiger partial charge >= 0.3 is 6.18 Å². The Morgan fingerprint density at radius 1 is 1.25 bits per heavy atom. The fourth-order valence-electron chi connectivity index (χ4n) is 0.981. The molecule has 0 bridgehead atoms. The van der Waals surface area contributed by atoms with Crippen molar-refractivity contribution < 1.29 is 18.3 Å². The number of hydrogen-bond donors (Lipinski definition) is 1. The first-order valence-electron chi connectivity index (χ1n) is 3.89. The van der Waals surface area contributed by atoms with E-state index in [0.29, 0.717) is 13.0 Å². The molecule has 1 N–H and O–H groups in total. The van der Waals surface area contributed by atoms with Crippen LogP contribution in [0.25, 0.3) is 0 Å². The van der Waals surface area contributed by atoms with Crippen molar-refractivity contribution in [1.29, 1.82) is 0 Å². The highest BCUT2D eigenvalue weighted by Crippen LogP contribution is 2.16. The van der Waals surface area contributed by atoms with Crippen LogP contribution >= 0.6 is 0 Å². The normalized spacial score (nSPS) is 12.5.